The van der Waals surface area contributed by atoms with Crippen molar-refractivity contribution in [2.75, 3.05) is 0 Å². The maximum Gasteiger partial charge on any atom is 0.233 e. The molecule has 3 aromatic heterocycles. The summed E-state index contributed by atoms with van der Waals surface area (Å²) in [5.74, 6) is 0.613. The monoisotopic (exact) mass is 435 g/mol. The predicted octanol–water partition coefficient (Wildman–Crippen LogP) is 4.85. The van der Waals surface area contributed by atoms with Gasteiger partial charge in [0.1, 0.15) is 6.10 Å². The van der Waals surface area contributed by atoms with Crippen LogP contribution in [0.1, 0.15) is 30.7 Å². The Morgan fingerprint density at radius 2 is 1.83 bits per heavy atom. The van der Waals surface area contributed by atoms with Crippen LogP contribution in [0.3, 0.4) is 0 Å². The number of nitrogens with zero attached hydrogens (tertiary/aromatic N) is 4. The third-order valence-corrected chi connectivity index (χ3v) is 7.81. The molecule has 0 spiro atoms. The first-order chi connectivity index (χ1) is 14.7. The molecular weight excluding hydrogens is 414 g/mol. The molecule has 6 nitrogen and oxygen atoms in total. The van der Waals surface area contributed by atoms with Crippen LogP contribution in [0.2, 0.25) is 0 Å². The summed E-state index contributed by atoms with van der Waals surface area (Å²) >= 11 is 3.32. The first-order valence-electron chi connectivity index (χ1n) is 10.3. The van der Waals surface area contributed by atoms with Crippen LogP contribution in [0.25, 0.3) is 31.9 Å². The number of rotatable bonds is 4. The van der Waals surface area contributed by atoms with Crippen molar-refractivity contribution < 1.29 is 4.74 Å². The molecule has 0 radical (unpaired) electrons. The number of ether oxygens (including phenoxy) is 1. The molecule has 0 saturated carbocycles. The Kier molecular flexibility index (Phi) is 4.51. The van der Waals surface area contributed by atoms with Gasteiger partial charge in [-0.05, 0) is 38.7 Å². The highest BCUT2D eigenvalue weighted by Gasteiger charge is 2.34. The fraction of sp³-hybridized carbons (Fsp3) is 0.364. The number of hydrogen-bond donors (Lipinski definition) is 1. The zero-order valence-electron chi connectivity index (χ0n) is 16.5. The number of nitrogens with one attached hydrogen (secondary N) is 1. The highest BCUT2D eigenvalue weighted by atomic mass is 32.1. The van der Waals surface area contributed by atoms with Crippen molar-refractivity contribution in [2.24, 2.45) is 0 Å². The number of hydrogen-bond acceptors (Lipinski definition) is 8. The molecule has 1 N–H and O–H groups in total. The summed E-state index contributed by atoms with van der Waals surface area (Å²) < 4.78 is 7.27. The van der Waals surface area contributed by atoms with Gasteiger partial charge in [0.15, 0.2) is 0 Å². The molecule has 30 heavy (non-hydrogen) atoms. The van der Waals surface area contributed by atoms with E-state index in [1.807, 2.05) is 30.8 Å². The minimum Gasteiger partial charge on any atom is -0.473 e. The lowest BCUT2D eigenvalue weighted by Crippen LogP contribution is -2.42. The molecule has 6 rings (SSSR count). The molecule has 0 aliphatic carbocycles. The molecule has 4 aromatic rings. The normalized spacial score (nSPS) is 23.2. The Bertz CT molecular complexity index is 1190. The van der Waals surface area contributed by atoms with E-state index in [-0.39, 0.29) is 6.10 Å². The third kappa shape index (κ3) is 3.29. The van der Waals surface area contributed by atoms with Crippen molar-refractivity contribution in [3.8, 4) is 27.6 Å². The van der Waals surface area contributed by atoms with Crippen LogP contribution < -0.4 is 10.1 Å². The van der Waals surface area contributed by atoms with Gasteiger partial charge in [0.2, 0.25) is 5.88 Å². The molecule has 2 aliphatic heterocycles. The molecular formula is C22H21N5OS2. The lowest BCUT2D eigenvalue weighted by Gasteiger charge is -2.28. The molecule has 152 valence electrons. The standard InChI is InChI=1S/C22H21N5OS2/c1-12-23-10-19(30-12)17-5-4-16(22-21(17)24-11-29-22)18-6-7-20(27-26-18)28-15-8-13-2-3-14(9-15)25-13/h4-7,10-11,13-15,25H,2-3,8-9H2,1H3. The summed E-state index contributed by atoms with van der Waals surface area (Å²) in [6.07, 6.45) is 6.79. The summed E-state index contributed by atoms with van der Waals surface area (Å²) in [6, 6.07) is 9.37. The maximum absolute atomic E-state index is 6.15. The van der Waals surface area contributed by atoms with Crippen molar-refractivity contribution >= 4 is 32.9 Å². The van der Waals surface area contributed by atoms with Crippen LogP contribution in [0.15, 0.2) is 36.0 Å². The Balaban J connectivity index is 1.27. The summed E-state index contributed by atoms with van der Waals surface area (Å²) in [4.78, 5) is 10.2. The fourth-order valence-electron chi connectivity index (χ4n) is 4.64. The van der Waals surface area contributed by atoms with E-state index < -0.39 is 0 Å². The topological polar surface area (TPSA) is 72.8 Å². The second-order valence-electron chi connectivity index (χ2n) is 8.04. The van der Waals surface area contributed by atoms with Crippen molar-refractivity contribution in [1.82, 2.24) is 25.5 Å². The van der Waals surface area contributed by atoms with Crippen LogP contribution in [-0.4, -0.2) is 38.4 Å². The van der Waals surface area contributed by atoms with Gasteiger partial charge >= 0.3 is 0 Å². The van der Waals surface area contributed by atoms with E-state index in [0.29, 0.717) is 18.0 Å². The minimum atomic E-state index is 0.235. The van der Waals surface area contributed by atoms with Gasteiger partial charge in [-0.25, -0.2) is 9.97 Å². The molecule has 5 heterocycles. The fourth-order valence-corrected chi connectivity index (χ4v) is 6.28. The molecule has 2 unspecified atom stereocenters. The van der Waals surface area contributed by atoms with Crippen LogP contribution in [0.5, 0.6) is 5.88 Å². The van der Waals surface area contributed by atoms with Crippen LogP contribution in [-0.2, 0) is 0 Å². The van der Waals surface area contributed by atoms with Crippen LogP contribution >= 0.6 is 22.7 Å². The second-order valence-corrected chi connectivity index (χ2v) is 10.1. The average molecular weight is 436 g/mol. The Morgan fingerprint density at radius 1 is 1.00 bits per heavy atom. The Labute approximate surface area is 182 Å². The van der Waals surface area contributed by atoms with Gasteiger partial charge in [0.25, 0.3) is 0 Å². The largest absolute Gasteiger partial charge is 0.473 e. The summed E-state index contributed by atoms with van der Waals surface area (Å²) in [7, 11) is 0. The first-order valence-corrected chi connectivity index (χ1v) is 12.0. The quantitative estimate of drug-likeness (QED) is 0.494. The Morgan fingerprint density at radius 3 is 2.57 bits per heavy atom. The van der Waals surface area contributed by atoms with Gasteiger partial charge in [-0.2, -0.15) is 0 Å². The lowest BCUT2D eigenvalue weighted by molar-refractivity contribution is 0.130. The second kappa shape index (κ2) is 7.37. The zero-order chi connectivity index (χ0) is 20.1. The molecule has 2 saturated heterocycles. The SMILES string of the molecule is Cc1ncc(-c2ccc(-c3ccc(OC4CC5CCC(C4)N5)nn3)c3scnc23)s1. The summed E-state index contributed by atoms with van der Waals surface area (Å²) in [6.45, 7) is 2.02. The number of benzene rings is 1. The highest BCUT2D eigenvalue weighted by molar-refractivity contribution is 7.18. The maximum atomic E-state index is 6.15. The van der Waals surface area contributed by atoms with E-state index in [1.54, 1.807) is 22.7 Å². The van der Waals surface area contributed by atoms with Crippen molar-refractivity contribution in [1.29, 1.82) is 0 Å². The molecule has 2 bridgehead atoms. The van der Waals surface area contributed by atoms with E-state index >= 15 is 0 Å². The third-order valence-electron chi connectivity index (χ3n) is 6.00. The predicted molar refractivity (Wildman–Crippen MR) is 120 cm³/mol. The van der Waals surface area contributed by atoms with Gasteiger partial charge in [0, 0.05) is 35.5 Å². The summed E-state index contributed by atoms with van der Waals surface area (Å²) in [5.41, 5.74) is 5.90. The number of aryl methyl sites for hydroxylation is 1. The van der Waals surface area contributed by atoms with Crippen LogP contribution in [0, 0.1) is 6.92 Å². The van der Waals surface area contributed by atoms with Crippen LogP contribution in [0.4, 0.5) is 0 Å². The van der Waals surface area contributed by atoms with E-state index in [0.717, 1.165) is 49.8 Å². The average Bonchev–Trinajstić information content (AvgIpc) is 3.48. The highest BCUT2D eigenvalue weighted by Crippen LogP contribution is 2.38. The molecule has 8 heteroatoms. The van der Waals surface area contributed by atoms with Gasteiger partial charge in [-0.1, -0.05) is 12.1 Å². The minimum absolute atomic E-state index is 0.235. The van der Waals surface area contributed by atoms with E-state index in [2.05, 4.69) is 37.6 Å². The van der Waals surface area contributed by atoms with Crippen molar-refractivity contribution in [3.63, 3.8) is 0 Å². The molecule has 0 amide bonds. The number of thiazole rings is 2. The van der Waals surface area contributed by atoms with Crippen molar-refractivity contribution in [3.05, 3.63) is 41.0 Å². The smallest absolute Gasteiger partial charge is 0.233 e. The number of aromatic nitrogens is 4. The number of piperidine rings is 1. The van der Waals surface area contributed by atoms with Gasteiger partial charge in [0.05, 0.1) is 31.3 Å². The lowest BCUT2D eigenvalue weighted by atomic mass is 10.0. The van der Waals surface area contributed by atoms with Gasteiger partial charge in [-0.15, -0.1) is 32.9 Å². The number of fused-ring (bicyclic) bond motifs is 3. The molecule has 1 aromatic carbocycles. The first kappa shape index (κ1) is 18.4. The molecule has 2 fully saturated rings. The van der Waals surface area contributed by atoms with E-state index in [9.17, 15) is 0 Å². The van der Waals surface area contributed by atoms with Gasteiger partial charge < -0.3 is 10.1 Å². The van der Waals surface area contributed by atoms with Gasteiger partial charge in [-0.3, -0.25) is 0 Å². The zero-order valence-corrected chi connectivity index (χ0v) is 18.2. The summed E-state index contributed by atoms with van der Waals surface area (Å²) in [5, 5.41) is 13.6. The van der Waals surface area contributed by atoms with E-state index in [4.69, 9.17) is 4.74 Å². The van der Waals surface area contributed by atoms with E-state index in [1.165, 1.54) is 12.8 Å². The molecule has 2 aliphatic rings. The Hall–Kier alpha value is -2.42. The molecule has 2 atom stereocenters. The van der Waals surface area contributed by atoms with Crippen molar-refractivity contribution in [2.45, 2.75) is 50.8 Å².